The van der Waals surface area contributed by atoms with Crippen molar-refractivity contribution < 1.29 is 8.78 Å². The largest absolute Gasteiger partial charge is 0.399 e. The predicted molar refractivity (Wildman–Crippen MR) is 72.1 cm³/mol. The van der Waals surface area contributed by atoms with Crippen molar-refractivity contribution in [2.45, 2.75) is 6.42 Å². The highest BCUT2D eigenvalue weighted by Crippen LogP contribution is 2.25. The molecule has 0 saturated heterocycles. The Balaban J connectivity index is 2.11. The zero-order valence-electron chi connectivity index (χ0n) is 9.99. The first-order valence-corrected chi connectivity index (χ1v) is 6.44. The second kappa shape index (κ2) is 5.35. The molecule has 0 amide bonds. The fraction of sp³-hybridized carbons (Fsp3) is 0.231. The van der Waals surface area contributed by atoms with Gasteiger partial charge in [-0.2, -0.15) is 0 Å². The molecule has 0 atom stereocenters. The number of likely N-dealkylation sites (N-methyl/N-ethyl adjacent to an activating group) is 1. The monoisotopic (exact) mass is 268 g/mol. The van der Waals surface area contributed by atoms with E-state index in [9.17, 15) is 8.78 Å². The lowest BCUT2D eigenvalue weighted by molar-refractivity contribution is 0.578. The van der Waals surface area contributed by atoms with Gasteiger partial charge < -0.3 is 10.6 Å². The normalized spacial score (nSPS) is 10.6. The third kappa shape index (κ3) is 2.79. The summed E-state index contributed by atoms with van der Waals surface area (Å²) in [5.74, 6) is -1.25. The minimum atomic E-state index is -0.624. The number of benzene rings is 1. The second-order valence-electron chi connectivity index (χ2n) is 4.08. The summed E-state index contributed by atoms with van der Waals surface area (Å²) >= 11 is 1.64. The van der Waals surface area contributed by atoms with Gasteiger partial charge in [0.05, 0.1) is 0 Å². The van der Waals surface area contributed by atoms with Crippen LogP contribution < -0.4 is 10.6 Å². The molecule has 0 fully saturated rings. The van der Waals surface area contributed by atoms with Gasteiger partial charge in [0.15, 0.2) is 11.6 Å². The van der Waals surface area contributed by atoms with E-state index in [-0.39, 0.29) is 11.4 Å². The molecule has 0 bridgehead atoms. The molecule has 2 rings (SSSR count). The van der Waals surface area contributed by atoms with Crippen molar-refractivity contribution in [2.75, 3.05) is 24.2 Å². The number of nitrogens with zero attached hydrogens (tertiary/aromatic N) is 1. The topological polar surface area (TPSA) is 29.3 Å². The summed E-state index contributed by atoms with van der Waals surface area (Å²) in [5, 5.41) is 1.99. The second-order valence-corrected chi connectivity index (χ2v) is 5.12. The van der Waals surface area contributed by atoms with E-state index in [2.05, 4.69) is 0 Å². The molecule has 0 radical (unpaired) electrons. The van der Waals surface area contributed by atoms with Crippen LogP contribution in [0.2, 0.25) is 0 Å². The molecule has 0 aliphatic rings. The molecule has 0 aliphatic heterocycles. The number of halogens is 2. The highest BCUT2D eigenvalue weighted by atomic mass is 32.1. The number of hydrogen-bond donors (Lipinski definition) is 1. The van der Waals surface area contributed by atoms with Gasteiger partial charge in [0.25, 0.3) is 0 Å². The van der Waals surface area contributed by atoms with E-state index in [4.69, 9.17) is 5.73 Å². The number of nitrogen functional groups attached to an aromatic ring is 1. The smallest absolute Gasteiger partial charge is 0.151 e. The van der Waals surface area contributed by atoms with Crippen molar-refractivity contribution in [1.82, 2.24) is 0 Å². The first-order valence-electron chi connectivity index (χ1n) is 5.56. The number of hydrogen-bond acceptors (Lipinski definition) is 3. The van der Waals surface area contributed by atoms with Crippen LogP contribution in [0.25, 0.3) is 0 Å². The average molecular weight is 268 g/mol. The molecule has 96 valence electrons. The highest BCUT2D eigenvalue weighted by molar-refractivity contribution is 7.09. The van der Waals surface area contributed by atoms with Crippen molar-refractivity contribution in [3.05, 3.63) is 46.2 Å². The summed E-state index contributed by atoms with van der Waals surface area (Å²) in [5.41, 5.74) is 5.45. The molecule has 2 nitrogen and oxygen atoms in total. The Hall–Kier alpha value is -1.62. The van der Waals surface area contributed by atoms with E-state index in [1.807, 2.05) is 17.5 Å². The van der Waals surface area contributed by atoms with E-state index in [0.717, 1.165) is 18.6 Å². The predicted octanol–water partition coefficient (Wildman–Crippen LogP) is 3.29. The molecule has 2 N–H and O–H groups in total. The molecule has 5 heteroatoms. The number of nitrogens with two attached hydrogens (primary N) is 1. The Kier molecular flexibility index (Phi) is 3.81. The first kappa shape index (κ1) is 12.8. The van der Waals surface area contributed by atoms with Crippen LogP contribution in [0.1, 0.15) is 4.88 Å². The fourth-order valence-corrected chi connectivity index (χ4v) is 2.49. The van der Waals surface area contributed by atoms with E-state index < -0.39 is 11.6 Å². The molecular weight excluding hydrogens is 254 g/mol. The van der Waals surface area contributed by atoms with E-state index >= 15 is 0 Å². The molecule has 1 heterocycles. The van der Waals surface area contributed by atoms with Crippen LogP contribution >= 0.6 is 11.3 Å². The third-order valence-corrected chi connectivity index (χ3v) is 3.63. The molecule has 0 unspecified atom stereocenters. The van der Waals surface area contributed by atoms with Gasteiger partial charge in [0, 0.05) is 24.2 Å². The van der Waals surface area contributed by atoms with Gasteiger partial charge in [0.1, 0.15) is 5.69 Å². The zero-order valence-corrected chi connectivity index (χ0v) is 10.8. The Bertz CT molecular complexity index is 503. The maximum absolute atomic E-state index is 13.7. The first-order chi connectivity index (χ1) is 8.58. The molecule has 2 aromatic rings. The standard InChI is InChI=1S/C13H14F2N2S/c1-17(5-4-10-3-2-6-18-10)13-11(14)7-9(16)8-12(13)15/h2-3,6-8H,4-5,16H2,1H3. The Morgan fingerprint density at radius 3 is 2.50 bits per heavy atom. The van der Waals surface area contributed by atoms with Crippen LogP contribution in [0.3, 0.4) is 0 Å². The molecular formula is C13H14F2N2S. The maximum atomic E-state index is 13.7. The van der Waals surface area contributed by atoms with Crippen LogP contribution in [0.5, 0.6) is 0 Å². The van der Waals surface area contributed by atoms with Gasteiger partial charge in [-0.1, -0.05) is 6.07 Å². The highest BCUT2D eigenvalue weighted by Gasteiger charge is 2.14. The van der Waals surface area contributed by atoms with Crippen LogP contribution in [-0.2, 0) is 6.42 Å². The van der Waals surface area contributed by atoms with Crippen LogP contribution in [-0.4, -0.2) is 13.6 Å². The van der Waals surface area contributed by atoms with Crippen molar-refractivity contribution in [3.8, 4) is 0 Å². The summed E-state index contributed by atoms with van der Waals surface area (Å²) < 4.78 is 27.3. The summed E-state index contributed by atoms with van der Waals surface area (Å²) in [6, 6.07) is 6.25. The van der Waals surface area contributed by atoms with Gasteiger partial charge >= 0.3 is 0 Å². The summed E-state index contributed by atoms with van der Waals surface area (Å²) in [4.78, 5) is 2.77. The minimum Gasteiger partial charge on any atom is -0.399 e. The molecule has 0 aliphatic carbocycles. The molecule has 0 spiro atoms. The molecule has 1 aromatic carbocycles. The van der Waals surface area contributed by atoms with Gasteiger partial charge in [0.2, 0.25) is 0 Å². The van der Waals surface area contributed by atoms with E-state index in [1.165, 1.54) is 4.88 Å². The Morgan fingerprint density at radius 2 is 1.94 bits per heavy atom. The molecule has 0 saturated carbocycles. The number of thiophene rings is 1. The van der Waals surface area contributed by atoms with Crippen molar-refractivity contribution in [1.29, 1.82) is 0 Å². The molecule has 18 heavy (non-hydrogen) atoms. The fourth-order valence-electron chi connectivity index (χ4n) is 1.79. The zero-order chi connectivity index (χ0) is 13.1. The summed E-state index contributed by atoms with van der Waals surface area (Å²) in [6.07, 6.45) is 0.761. The third-order valence-electron chi connectivity index (χ3n) is 2.69. The summed E-state index contributed by atoms with van der Waals surface area (Å²) in [7, 11) is 1.67. The van der Waals surface area contributed by atoms with Crippen LogP contribution in [0.15, 0.2) is 29.6 Å². The maximum Gasteiger partial charge on any atom is 0.151 e. The van der Waals surface area contributed by atoms with Gasteiger partial charge in [-0.15, -0.1) is 11.3 Å². The lowest BCUT2D eigenvalue weighted by Crippen LogP contribution is -2.22. The van der Waals surface area contributed by atoms with E-state index in [0.29, 0.717) is 6.54 Å². The van der Waals surface area contributed by atoms with Crippen molar-refractivity contribution >= 4 is 22.7 Å². The Labute approximate surface area is 109 Å². The number of rotatable bonds is 4. The van der Waals surface area contributed by atoms with Gasteiger partial charge in [-0.05, 0) is 30.0 Å². The SMILES string of the molecule is CN(CCc1cccs1)c1c(F)cc(N)cc1F. The van der Waals surface area contributed by atoms with Crippen molar-refractivity contribution in [2.24, 2.45) is 0 Å². The van der Waals surface area contributed by atoms with Crippen molar-refractivity contribution in [3.63, 3.8) is 0 Å². The van der Waals surface area contributed by atoms with Crippen LogP contribution in [0, 0.1) is 11.6 Å². The average Bonchev–Trinajstić information content (AvgIpc) is 2.77. The van der Waals surface area contributed by atoms with Crippen LogP contribution in [0.4, 0.5) is 20.2 Å². The minimum absolute atomic E-state index is 0.0271. The van der Waals surface area contributed by atoms with Gasteiger partial charge in [-0.25, -0.2) is 8.78 Å². The van der Waals surface area contributed by atoms with E-state index in [1.54, 1.807) is 23.3 Å². The quantitative estimate of drug-likeness (QED) is 0.862. The van der Waals surface area contributed by atoms with Gasteiger partial charge in [-0.3, -0.25) is 0 Å². The number of anilines is 2. The lowest BCUT2D eigenvalue weighted by atomic mass is 10.2. The molecule has 1 aromatic heterocycles. The lowest BCUT2D eigenvalue weighted by Gasteiger charge is -2.20. The summed E-state index contributed by atoms with van der Waals surface area (Å²) in [6.45, 7) is 0.554. The Morgan fingerprint density at radius 1 is 1.28 bits per heavy atom.